The molecule has 0 amide bonds. The van der Waals surface area contributed by atoms with Crippen molar-refractivity contribution >= 4 is 5.96 Å². The number of aromatic hydroxyl groups is 1. The normalized spacial score (nSPS) is 14.3. The summed E-state index contributed by atoms with van der Waals surface area (Å²) in [5.41, 5.74) is 3.72. The van der Waals surface area contributed by atoms with Gasteiger partial charge in [-0.1, -0.05) is 6.07 Å². The van der Waals surface area contributed by atoms with E-state index in [4.69, 9.17) is 4.74 Å². The van der Waals surface area contributed by atoms with Crippen LogP contribution in [0.2, 0.25) is 0 Å². The van der Waals surface area contributed by atoms with E-state index in [2.05, 4.69) is 21.7 Å². The number of nitrogens with one attached hydrogen (secondary N) is 2. The molecule has 0 aromatic heterocycles. The van der Waals surface area contributed by atoms with Crippen molar-refractivity contribution in [3.8, 4) is 5.75 Å². The van der Waals surface area contributed by atoms with Gasteiger partial charge in [0.15, 0.2) is 5.96 Å². The van der Waals surface area contributed by atoms with Crippen LogP contribution >= 0.6 is 0 Å². The van der Waals surface area contributed by atoms with Gasteiger partial charge in [0.2, 0.25) is 0 Å². The molecule has 2 rings (SSSR count). The molecule has 0 saturated heterocycles. The van der Waals surface area contributed by atoms with Gasteiger partial charge in [0.25, 0.3) is 0 Å². The number of benzene rings is 1. The molecule has 0 unspecified atom stereocenters. The van der Waals surface area contributed by atoms with Crippen molar-refractivity contribution in [3.05, 3.63) is 28.8 Å². The number of phenols is 1. The highest BCUT2D eigenvalue weighted by Crippen LogP contribution is 2.30. The van der Waals surface area contributed by atoms with E-state index in [-0.39, 0.29) is 0 Å². The maximum atomic E-state index is 10.2. The summed E-state index contributed by atoms with van der Waals surface area (Å²) in [5, 5.41) is 16.9. The van der Waals surface area contributed by atoms with Crippen LogP contribution in [-0.2, 0) is 24.1 Å². The monoisotopic (exact) mass is 333 g/mol. The van der Waals surface area contributed by atoms with Crippen LogP contribution in [0.1, 0.15) is 49.3 Å². The third kappa shape index (κ3) is 5.41. The lowest BCUT2D eigenvalue weighted by Gasteiger charge is -2.21. The van der Waals surface area contributed by atoms with Crippen molar-refractivity contribution in [2.24, 2.45) is 4.99 Å². The molecule has 0 saturated carbocycles. The van der Waals surface area contributed by atoms with Crippen molar-refractivity contribution in [3.63, 3.8) is 0 Å². The maximum Gasteiger partial charge on any atom is 0.191 e. The van der Waals surface area contributed by atoms with Crippen LogP contribution in [0.15, 0.2) is 17.1 Å². The predicted molar refractivity (Wildman–Crippen MR) is 98.7 cm³/mol. The van der Waals surface area contributed by atoms with Gasteiger partial charge in [0, 0.05) is 38.9 Å². The standard InChI is InChI=1S/C19H31N3O2/c1-3-24-13-7-6-12-21-19(20-2)22-14-17-16-9-5-4-8-15(16)10-11-18(17)23/h10-11,23H,3-9,12-14H2,1-2H3,(H2,20,21,22). The van der Waals surface area contributed by atoms with Crippen LogP contribution in [0, 0.1) is 0 Å². The minimum absolute atomic E-state index is 0.385. The summed E-state index contributed by atoms with van der Waals surface area (Å²) in [5.74, 6) is 1.16. The van der Waals surface area contributed by atoms with Crippen LogP contribution in [-0.4, -0.2) is 37.9 Å². The zero-order valence-electron chi connectivity index (χ0n) is 15.0. The van der Waals surface area contributed by atoms with Gasteiger partial charge >= 0.3 is 0 Å². The molecule has 0 atom stereocenters. The highest BCUT2D eigenvalue weighted by atomic mass is 16.5. The number of ether oxygens (including phenoxy) is 1. The molecule has 0 bridgehead atoms. The minimum Gasteiger partial charge on any atom is -0.508 e. The minimum atomic E-state index is 0.385. The molecule has 5 heteroatoms. The summed E-state index contributed by atoms with van der Waals surface area (Å²) in [6.45, 7) is 5.08. The Morgan fingerprint density at radius 2 is 2.04 bits per heavy atom. The number of phenolic OH excluding ortho intramolecular Hbond substituents is 1. The Bertz CT molecular complexity index is 544. The summed E-state index contributed by atoms with van der Waals surface area (Å²) in [6, 6.07) is 3.89. The van der Waals surface area contributed by atoms with Crippen LogP contribution in [0.5, 0.6) is 5.75 Å². The molecule has 1 aliphatic carbocycles. The van der Waals surface area contributed by atoms with Gasteiger partial charge in [-0.15, -0.1) is 0 Å². The van der Waals surface area contributed by atoms with Crippen LogP contribution < -0.4 is 10.6 Å². The zero-order chi connectivity index (χ0) is 17.2. The van der Waals surface area contributed by atoms with Crippen molar-refractivity contribution < 1.29 is 9.84 Å². The van der Waals surface area contributed by atoms with E-state index in [0.717, 1.165) is 57.0 Å². The van der Waals surface area contributed by atoms with E-state index >= 15 is 0 Å². The molecule has 24 heavy (non-hydrogen) atoms. The van der Waals surface area contributed by atoms with Gasteiger partial charge in [0.1, 0.15) is 5.75 Å². The SMILES string of the molecule is CCOCCCCNC(=NC)NCc1c(O)ccc2c1CCCC2. The lowest BCUT2D eigenvalue weighted by Crippen LogP contribution is -2.37. The summed E-state index contributed by atoms with van der Waals surface area (Å²) in [6.07, 6.45) is 6.73. The maximum absolute atomic E-state index is 10.2. The van der Waals surface area contributed by atoms with E-state index in [1.807, 2.05) is 13.0 Å². The molecule has 0 fully saturated rings. The molecule has 0 heterocycles. The van der Waals surface area contributed by atoms with Crippen molar-refractivity contribution in [1.82, 2.24) is 10.6 Å². The van der Waals surface area contributed by atoms with E-state index < -0.39 is 0 Å². The molecule has 1 aliphatic rings. The summed E-state index contributed by atoms with van der Waals surface area (Å²) >= 11 is 0. The summed E-state index contributed by atoms with van der Waals surface area (Å²) in [4.78, 5) is 4.26. The molecule has 1 aromatic carbocycles. The Hall–Kier alpha value is -1.75. The van der Waals surface area contributed by atoms with Crippen LogP contribution in [0.25, 0.3) is 0 Å². The van der Waals surface area contributed by atoms with Gasteiger partial charge in [-0.25, -0.2) is 0 Å². The Morgan fingerprint density at radius 1 is 1.21 bits per heavy atom. The Labute approximate surface area is 145 Å². The van der Waals surface area contributed by atoms with Crippen LogP contribution in [0.4, 0.5) is 0 Å². The third-order valence-electron chi connectivity index (χ3n) is 4.49. The second-order valence-corrected chi connectivity index (χ2v) is 6.16. The fourth-order valence-electron chi connectivity index (χ4n) is 3.16. The third-order valence-corrected chi connectivity index (χ3v) is 4.49. The first kappa shape index (κ1) is 18.6. The number of aliphatic imine (C=N–C) groups is 1. The predicted octanol–water partition coefficient (Wildman–Crippen LogP) is 2.75. The Kier molecular flexibility index (Phi) is 7.89. The number of rotatable bonds is 8. The number of hydrogen-bond donors (Lipinski definition) is 3. The Morgan fingerprint density at radius 3 is 2.83 bits per heavy atom. The molecule has 134 valence electrons. The van der Waals surface area contributed by atoms with Crippen molar-refractivity contribution in [1.29, 1.82) is 0 Å². The van der Waals surface area contributed by atoms with Gasteiger partial charge in [-0.3, -0.25) is 4.99 Å². The van der Waals surface area contributed by atoms with Gasteiger partial charge in [0.05, 0.1) is 0 Å². The fourth-order valence-corrected chi connectivity index (χ4v) is 3.16. The molecular formula is C19H31N3O2. The smallest absolute Gasteiger partial charge is 0.191 e. The molecule has 3 N–H and O–H groups in total. The first-order valence-corrected chi connectivity index (χ1v) is 9.11. The zero-order valence-corrected chi connectivity index (χ0v) is 15.0. The van der Waals surface area contributed by atoms with Crippen LogP contribution in [0.3, 0.4) is 0 Å². The molecule has 0 radical (unpaired) electrons. The highest BCUT2D eigenvalue weighted by Gasteiger charge is 2.16. The molecule has 0 aliphatic heterocycles. The molecule has 1 aromatic rings. The lowest BCUT2D eigenvalue weighted by molar-refractivity contribution is 0.143. The first-order valence-electron chi connectivity index (χ1n) is 9.11. The van der Waals surface area contributed by atoms with E-state index in [1.165, 1.54) is 24.0 Å². The number of nitrogens with zero attached hydrogens (tertiary/aromatic N) is 1. The van der Waals surface area contributed by atoms with Gasteiger partial charge < -0.3 is 20.5 Å². The lowest BCUT2D eigenvalue weighted by atomic mass is 9.88. The topological polar surface area (TPSA) is 65.9 Å². The molecular weight excluding hydrogens is 302 g/mol. The second-order valence-electron chi connectivity index (χ2n) is 6.16. The fraction of sp³-hybridized carbons (Fsp3) is 0.632. The highest BCUT2D eigenvalue weighted by molar-refractivity contribution is 5.79. The quantitative estimate of drug-likeness (QED) is 0.389. The number of aryl methyl sites for hydroxylation is 1. The van der Waals surface area contributed by atoms with E-state index in [9.17, 15) is 5.11 Å². The number of hydrogen-bond acceptors (Lipinski definition) is 3. The van der Waals surface area contributed by atoms with Gasteiger partial charge in [-0.05, 0) is 62.6 Å². The van der Waals surface area contributed by atoms with Crippen molar-refractivity contribution in [2.45, 2.75) is 52.0 Å². The van der Waals surface area contributed by atoms with E-state index in [1.54, 1.807) is 7.05 Å². The Balaban J connectivity index is 1.83. The van der Waals surface area contributed by atoms with Crippen molar-refractivity contribution in [2.75, 3.05) is 26.8 Å². The number of fused-ring (bicyclic) bond motifs is 1. The first-order chi connectivity index (χ1) is 11.8. The molecule has 0 spiro atoms. The largest absolute Gasteiger partial charge is 0.508 e. The van der Waals surface area contributed by atoms with E-state index in [0.29, 0.717) is 12.3 Å². The average Bonchev–Trinajstić information content (AvgIpc) is 2.61. The number of unbranched alkanes of at least 4 members (excludes halogenated alkanes) is 1. The molecule has 5 nitrogen and oxygen atoms in total. The summed E-state index contributed by atoms with van der Waals surface area (Å²) in [7, 11) is 1.77. The summed E-state index contributed by atoms with van der Waals surface area (Å²) < 4.78 is 5.34. The van der Waals surface area contributed by atoms with Gasteiger partial charge in [-0.2, -0.15) is 0 Å². The number of guanidine groups is 1. The second kappa shape index (κ2) is 10.2. The average molecular weight is 333 g/mol.